The zero-order chi connectivity index (χ0) is 18.5. The highest BCUT2D eigenvalue weighted by Crippen LogP contribution is 2.32. The molecule has 2 aromatic carbocycles. The molecule has 1 fully saturated rings. The van der Waals surface area contributed by atoms with Gasteiger partial charge in [-0.15, -0.1) is 0 Å². The Labute approximate surface area is 161 Å². The lowest BCUT2D eigenvalue weighted by atomic mass is 9.92. The molecule has 2 aromatic rings. The first kappa shape index (κ1) is 18.9. The first-order valence-electron chi connectivity index (χ1n) is 9.31. The summed E-state index contributed by atoms with van der Waals surface area (Å²) >= 11 is 6.03. The fraction of sp³-hybridized carbons (Fsp3) is 0.409. The van der Waals surface area contributed by atoms with E-state index >= 15 is 0 Å². The molecule has 1 amide bonds. The van der Waals surface area contributed by atoms with Crippen molar-refractivity contribution in [1.82, 2.24) is 9.80 Å². The molecule has 0 radical (unpaired) electrons. The zero-order valence-corrected chi connectivity index (χ0v) is 16.4. The number of hydrogen-bond acceptors (Lipinski definition) is 2. The fourth-order valence-electron chi connectivity index (χ4n) is 3.77. The topological polar surface area (TPSA) is 23.6 Å². The van der Waals surface area contributed by atoms with E-state index in [1.165, 1.54) is 30.4 Å². The van der Waals surface area contributed by atoms with Gasteiger partial charge in [-0.25, -0.2) is 0 Å². The lowest BCUT2D eigenvalue weighted by Crippen LogP contribution is -2.32. The maximum absolute atomic E-state index is 12.7. The molecule has 0 saturated carbocycles. The van der Waals surface area contributed by atoms with Crippen LogP contribution in [0.1, 0.15) is 42.0 Å². The number of nitrogens with zero attached hydrogens (tertiary/aromatic N) is 2. The summed E-state index contributed by atoms with van der Waals surface area (Å²) in [6, 6.07) is 16.5. The highest BCUT2D eigenvalue weighted by Gasteiger charge is 2.23. The molecule has 1 saturated heterocycles. The smallest absolute Gasteiger partial charge is 0.227 e. The number of carbonyl (C=O) groups excluding carboxylic acids is 1. The monoisotopic (exact) mass is 370 g/mol. The number of halogens is 1. The lowest BCUT2D eigenvalue weighted by molar-refractivity contribution is -0.129. The summed E-state index contributed by atoms with van der Waals surface area (Å²) < 4.78 is 0. The minimum absolute atomic E-state index is 0.110. The normalized spacial score (nSPS) is 17.9. The van der Waals surface area contributed by atoms with Crippen LogP contribution in [0.15, 0.2) is 48.5 Å². The summed E-state index contributed by atoms with van der Waals surface area (Å²) in [5.74, 6) is 0.110. The molecule has 1 unspecified atom stereocenters. The van der Waals surface area contributed by atoms with E-state index in [2.05, 4.69) is 36.2 Å². The van der Waals surface area contributed by atoms with Gasteiger partial charge >= 0.3 is 0 Å². The van der Waals surface area contributed by atoms with Crippen LogP contribution in [0.5, 0.6) is 0 Å². The van der Waals surface area contributed by atoms with E-state index in [-0.39, 0.29) is 5.91 Å². The number of hydrogen-bond donors (Lipinski definition) is 0. The van der Waals surface area contributed by atoms with Crippen LogP contribution in [0.3, 0.4) is 0 Å². The summed E-state index contributed by atoms with van der Waals surface area (Å²) in [4.78, 5) is 16.9. The van der Waals surface area contributed by atoms with Crippen LogP contribution in [-0.2, 0) is 17.8 Å². The van der Waals surface area contributed by atoms with Crippen LogP contribution in [0, 0.1) is 0 Å². The van der Waals surface area contributed by atoms with Gasteiger partial charge in [0.1, 0.15) is 0 Å². The third kappa shape index (κ3) is 4.66. The van der Waals surface area contributed by atoms with Gasteiger partial charge in [-0.3, -0.25) is 9.69 Å². The van der Waals surface area contributed by atoms with Crippen LogP contribution in [-0.4, -0.2) is 36.3 Å². The molecule has 1 aliphatic rings. The SMILES string of the molecule is CN(Cc1ccccc1C1CCCCN1C)C(=O)Cc1cccc(Cl)c1. The number of carbonyl (C=O) groups is 1. The second kappa shape index (κ2) is 8.70. The zero-order valence-electron chi connectivity index (χ0n) is 15.6. The van der Waals surface area contributed by atoms with Crippen molar-refractivity contribution in [2.75, 3.05) is 20.6 Å². The quantitative estimate of drug-likeness (QED) is 0.761. The Morgan fingerprint density at radius 3 is 2.77 bits per heavy atom. The van der Waals surface area contributed by atoms with Crippen molar-refractivity contribution in [2.45, 2.75) is 38.3 Å². The van der Waals surface area contributed by atoms with Gasteiger partial charge in [-0.2, -0.15) is 0 Å². The van der Waals surface area contributed by atoms with Crippen molar-refractivity contribution in [2.24, 2.45) is 0 Å². The van der Waals surface area contributed by atoms with Crippen molar-refractivity contribution in [1.29, 1.82) is 0 Å². The average molecular weight is 371 g/mol. The first-order valence-corrected chi connectivity index (χ1v) is 9.69. The van der Waals surface area contributed by atoms with Crippen molar-refractivity contribution < 1.29 is 4.79 Å². The number of likely N-dealkylation sites (N-methyl/N-ethyl adjacent to an activating group) is 1. The maximum Gasteiger partial charge on any atom is 0.227 e. The summed E-state index contributed by atoms with van der Waals surface area (Å²) in [5, 5.41) is 0.670. The van der Waals surface area contributed by atoms with Crippen LogP contribution in [0.25, 0.3) is 0 Å². The molecule has 0 bridgehead atoms. The van der Waals surface area contributed by atoms with Gasteiger partial charge in [0.2, 0.25) is 5.91 Å². The Morgan fingerprint density at radius 1 is 1.19 bits per heavy atom. The van der Waals surface area contributed by atoms with Crippen molar-refractivity contribution in [3.63, 3.8) is 0 Å². The van der Waals surface area contributed by atoms with E-state index < -0.39 is 0 Å². The predicted molar refractivity (Wildman–Crippen MR) is 107 cm³/mol. The average Bonchev–Trinajstić information content (AvgIpc) is 2.63. The summed E-state index contributed by atoms with van der Waals surface area (Å²) in [7, 11) is 4.09. The highest BCUT2D eigenvalue weighted by atomic mass is 35.5. The van der Waals surface area contributed by atoms with Gasteiger partial charge in [0.15, 0.2) is 0 Å². The molecule has 0 aromatic heterocycles. The molecule has 138 valence electrons. The maximum atomic E-state index is 12.7. The molecule has 0 N–H and O–H groups in total. The molecule has 1 heterocycles. The van der Waals surface area contributed by atoms with Crippen molar-refractivity contribution in [3.8, 4) is 0 Å². The van der Waals surface area contributed by atoms with Gasteiger partial charge < -0.3 is 4.90 Å². The lowest BCUT2D eigenvalue weighted by Gasteiger charge is -2.34. The Hall–Kier alpha value is -1.84. The highest BCUT2D eigenvalue weighted by molar-refractivity contribution is 6.30. The molecular formula is C22H27ClN2O. The number of rotatable bonds is 5. The fourth-order valence-corrected chi connectivity index (χ4v) is 3.98. The number of benzene rings is 2. The Morgan fingerprint density at radius 2 is 2.00 bits per heavy atom. The molecule has 3 nitrogen and oxygen atoms in total. The Bertz CT molecular complexity index is 761. The van der Waals surface area contributed by atoms with Gasteiger partial charge in [-0.1, -0.05) is 54.4 Å². The van der Waals surface area contributed by atoms with Crippen LogP contribution in [0.4, 0.5) is 0 Å². The van der Waals surface area contributed by atoms with Gasteiger partial charge in [0.25, 0.3) is 0 Å². The van der Waals surface area contributed by atoms with Crippen molar-refractivity contribution >= 4 is 17.5 Å². The summed E-state index contributed by atoms with van der Waals surface area (Å²) in [5.41, 5.74) is 3.56. The molecule has 4 heteroatoms. The molecule has 1 aliphatic heterocycles. The van der Waals surface area contributed by atoms with Crippen LogP contribution >= 0.6 is 11.6 Å². The second-order valence-electron chi connectivity index (χ2n) is 7.25. The van der Waals surface area contributed by atoms with E-state index in [0.29, 0.717) is 24.0 Å². The first-order chi connectivity index (χ1) is 12.5. The van der Waals surface area contributed by atoms with E-state index in [9.17, 15) is 4.79 Å². The summed E-state index contributed by atoms with van der Waals surface area (Å²) in [6.07, 6.45) is 4.11. The standard InChI is InChI=1S/C22H27ClN2O/c1-24-13-6-5-12-21(24)20-11-4-3-9-18(20)16-25(2)22(26)15-17-8-7-10-19(23)14-17/h3-4,7-11,14,21H,5-6,12-13,15-16H2,1-2H3. The van der Waals surface area contributed by atoms with Gasteiger partial charge in [-0.05, 0) is 55.3 Å². The Kier molecular flexibility index (Phi) is 6.33. The second-order valence-corrected chi connectivity index (χ2v) is 7.68. The van der Waals surface area contributed by atoms with Crippen molar-refractivity contribution in [3.05, 3.63) is 70.2 Å². The summed E-state index contributed by atoms with van der Waals surface area (Å²) in [6.45, 7) is 1.78. The minimum Gasteiger partial charge on any atom is -0.341 e. The molecule has 3 rings (SSSR count). The Balaban J connectivity index is 1.71. The largest absolute Gasteiger partial charge is 0.341 e. The van der Waals surface area contributed by atoms with E-state index in [4.69, 9.17) is 11.6 Å². The number of piperidine rings is 1. The number of likely N-dealkylation sites (tertiary alicyclic amines) is 1. The molecular weight excluding hydrogens is 344 g/mol. The van der Waals surface area contributed by atoms with Gasteiger partial charge in [0, 0.05) is 24.7 Å². The number of amides is 1. The predicted octanol–water partition coefficient (Wildman–Crippen LogP) is 4.70. The van der Waals surface area contributed by atoms with Crippen LogP contribution in [0.2, 0.25) is 5.02 Å². The minimum atomic E-state index is 0.110. The molecule has 0 aliphatic carbocycles. The third-order valence-corrected chi connectivity index (χ3v) is 5.50. The van der Waals surface area contributed by atoms with E-state index in [0.717, 1.165) is 12.1 Å². The van der Waals surface area contributed by atoms with E-state index in [1.807, 2.05) is 36.2 Å². The molecule has 0 spiro atoms. The third-order valence-electron chi connectivity index (χ3n) is 5.26. The van der Waals surface area contributed by atoms with E-state index in [1.54, 1.807) is 0 Å². The van der Waals surface area contributed by atoms with Gasteiger partial charge in [0.05, 0.1) is 6.42 Å². The molecule has 26 heavy (non-hydrogen) atoms. The van der Waals surface area contributed by atoms with Crippen LogP contribution < -0.4 is 0 Å². The molecule has 1 atom stereocenters.